The molecule has 1 saturated carbocycles. The van der Waals surface area contributed by atoms with Gasteiger partial charge in [0.05, 0.1) is 23.1 Å². The van der Waals surface area contributed by atoms with Crippen molar-refractivity contribution < 1.29 is 19.4 Å². The van der Waals surface area contributed by atoms with Crippen LogP contribution in [0.2, 0.25) is 10.0 Å². The minimum absolute atomic E-state index is 0.0749. The molecule has 1 aromatic carbocycles. The van der Waals surface area contributed by atoms with Gasteiger partial charge in [-0.05, 0) is 30.9 Å². The Morgan fingerprint density at radius 1 is 1.26 bits per heavy atom. The van der Waals surface area contributed by atoms with Crippen molar-refractivity contribution in [2.45, 2.75) is 25.7 Å². The van der Waals surface area contributed by atoms with Gasteiger partial charge in [-0.2, -0.15) is 0 Å². The van der Waals surface area contributed by atoms with Gasteiger partial charge in [-0.3, -0.25) is 9.59 Å². The molecule has 5 nitrogen and oxygen atoms in total. The fourth-order valence-corrected chi connectivity index (χ4v) is 3.50. The molecular formula is C16H19Cl2NO4. The van der Waals surface area contributed by atoms with Crippen LogP contribution in [-0.4, -0.2) is 30.6 Å². The van der Waals surface area contributed by atoms with Crippen LogP contribution < -0.4 is 10.1 Å². The first-order valence-corrected chi connectivity index (χ1v) is 8.24. The van der Waals surface area contributed by atoms with E-state index in [1.54, 1.807) is 6.07 Å². The van der Waals surface area contributed by atoms with Crippen LogP contribution in [-0.2, 0) is 4.79 Å². The zero-order chi connectivity index (χ0) is 17.0. The minimum atomic E-state index is -0.803. The molecule has 2 atom stereocenters. The predicted octanol–water partition coefficient (Wildman–Crippen LogP) is 3.62. The van der Waals surface area contributed by atoms with Crippen molar-refractivity contribution in [3.05, 3.63) is 27.7 Å². The van der Waals surface area contributed by atoms with Crippen molar-refractivity contribution in [3.63, 3.8) is 0 Å². The summed E-state index contributed by atoms with van der Waals surface area (Å²) in [6, 6.07) is 3.09. The lowest BCUT2D eigenvalue weighted by Gasteiger charge is -2.28. The number of hydrogen-bond donors (Lipinski definition) is 2. The molecule has 2 N–H and O–H groups in total. The Hall–Kier alpha value is -1.46. The molecule has 1 amide bonds. The second kappa shape index (κ2) is 7.88. The SMILES string of the molecule is COc1c(Cl)ccc(Cl)c1C(=O)NC[C@@H]1CCCC[C@@H]1C(=O)O. The van der Waals surface area contributed by atoms with Gasteiger partial charge in [-0.15, -0.1) is 0 Å². The Kier molecular flexibility index (Phi) is 6.13. The predicted molar refractivity (Wildman–Crippen MR) is 88.4 cm³/mol. The molecule has 0 aliphatic heterocycles. The number of methoxy groups -OCH3 is 1. The molecule has 126 valence electrons. The molecule has 7 heteroatoms. The highest BCUT2D eigenvalue weighted by Gasteiger charge is 2.31. The standard InChI is InChI=1S/C16H19Cl2NO4/c1-23-14-12(18)7-6-11(17)13(14)15(20)19-8-9-4-2-3-5-10(9)16(21)22/h6-7,9-10H,2-5,8H2,1H3,(H,19,20)(H,21,22)/t9-,10-/m0/s1. The number of carbonyl (C=O) groups excluding carboxylic acids is 1. The molecule has 1 aliphatic carbocycles. The molecule has 0 bridgehead atoms. The monoisotopic (exact) mass is 359 g/mol. The van der Waals surface area contributed by atoms with E-state index < -0.39 is 17.8 Å². The molecule has 23 heavy (non-hydrogen) atoms. The van der Waals surface area contributed by atoms with Crippen LogP contribution in [0.3, 0.4) is 0 Å². The Balaban J connectivity index is 2.11. The maximum absolute atomic E-state index is 12.4. The lowest BCUT2D eigenvalue weighted by atomic mass is 9.79. The number of nitrogens with one attached hydrogen (secondary N) is 1. The number of carboxylic acid groups (broad SMARTS) is 1. The number of rotatable bonds is 5. The van der Waals surface area contributed by atoms with Crippen molar-refractivity contribution in [2.24, 2.45) is 11.8 Å². The quantitative estimate of drug-likeness (QED) is 0.841. The molecule has 1 aromatic rings. The summed E-state index contributed by atoms with van der Waals surface area (Å²) in [6.07, 6.45) is 3.33. The maximum Gasteiger partial charge on any atom is 0.306 e. The first kappa shape index (κ1) is 17.9. The maximum atomic E-state index is 12.4. The molecule has 0 heterocycles. The molecule has 0 radical (unpaired) electrons. The molecule has 1 fully saturated rings. The second-order valence-electron chi connectivity index (χ2n) is 5.64. The first-order chi connectivity index (χ1) is 11.0. The first-order valence-electron chi connectivity index (χ1n) is 7.48. The second-order valence-corrected chi connectivity index (χ2v) is 6.45. The fourth-order valence-electron chi connectivity index (χ4n) is 3.03. The Morgan fingerprint density at radius 3 is 2.57 bits per heavy atom. The Labute approximate surface area is 144 Å². The van der Waals surface area contributed by atoms with Gasteiger partial charge in [0.1, 0.15) is 5.56 Å². The van der Waals surface area contributed by atoms with Gasteiger partial charge in [0.2, 0.25) is 0 Å². The highest BCUT2D eigenvalue weighted by Crippen LogP contribution is 2.34. The molecule has 0 saturated heterocycles. The number of halogens is 2. The number of carbonyl (C=O) groups is 2. The van der Waals surface area contributed by atoms with E-state index in [1.807, 2.05) is 0 Å². The highest BCUT2D eigenvalue weighted by molar-refractivity contribution is 6.37. The van der Waals surface area contributed by atoms with E-state index in [9.17, 15) is 14.7 Å². The Morgan fingerprint density at radius 2 is 1.91 bits per heavy atom. The van der Waals surface area contributed by atoms with Gasteiger partial charge < -0.3 is 15.2 Å². The third-order valence-corrected chi connectivity index (χ3v) is 4.85. The number of amides is 1. The Bertz CT molecular complexity index is 606. The van der Waals surface area contributed by atoms with E-state index in [-0.39, 0.29) is 22.3 Å². The minimum Gasteiger partial charge on any atom is -0.494 e. The number of carboxylic acids is 1. The van der Waals surface area contributed by atoms with Crippen molar-refractivity contribution >= 4 is 35.1 Å². The topological polar surface area (TPSA) is 75.6 Å². The number of aliphatic carboxylic acids is 1. The van der Waals surface area contributed by atoms with E-state index in [4.69, 9.17) is 27.9 Å². The summed E-state index contributed by atoms with van der Waals surface area (Å²) in [6.45, 7) is 0.293. The largest absolute Gasteiger partial charge is 0.494 e. The van der Waals surface area contributed by atoms with Crippen LogP contribution in [0, 0.1) is 11.8 Å². The smallest absolute Gasteiger partial charge is 0.306 e. The van der Waals surface area contributed by atoms with Crippen molar-refractivity contribution in [1.82, 2.24) is 5.32 Å². The van der Waals surface area contributed by atoms with Gasteiger partial charge in [0, 0.05) is 6.54 Å². The van der Waals surface area contributed by atoms with Gasteiger partial charge in [-0.1, -0.05) is 36.0 Å². The van der Waals surface area contributed by atoms with Crippen molar-refractivity contribution in [3.8, 4) is 5.75 Å². The van der Waals surface area contributed by atoms with Crippen molar-refractivity contribution in [1.29, 1.82) is 0 Å². The zero-order valence-electron chi connectivity index (χ0n) is 12.8. The molecule has 2 rings (SSSR count). The normalized spacial score (nSPS) is 20.8. The summed E-state index contributed by atoms with van der Waals surface area (Å²) in [5, 5.41) is 12.6. The van der Waals surface area contributed by atoms with E-state index in [1.165, 1.54) is 13.2 Å². The molecule has 0 unspecified atom stereocenters. The van der Waals surface area contributed by atoms with Crippen LogP contribution in [0.15, 0.2) is 12.1 Å². The lowest BCUT2D eigenvalue weighted by Crippen LogP contribution is -2.37. The van der Waals surface area contributed by atoms with Gasteiger partial charge >= 0.3 is 5.97 Å². The summed E-state index contributed by atoms with van der Waals surface area (Å²) in [7, 11) is 1.41. The van der Waals surface area contributed by atoms with Crippen LogP contribution in [0.4, 0.5) is 0 Å². The van der Waals surface area contributed by atoms with Crippen molar-refractivity contribution in [2.75, 3.05) is 13.7 Å². The third-order valence-electron chi connectivity index (χ3n) is 4.24. The molecular weight excluding hydrogens is 341 g/mol. The zero-order valence-corrected chi connectivity index (χ0v) is 14.3. The summed E-state index contributed by atoms with van der Waals surface area (Å²) >= 11 is 12.1. The summed E-state index contributed by atoms with van der Waals surface area (Å²) in [4.78, 5) is 23.7. The summed E-state index contributed by atoms with van der Waals surface area (Å²) < 4.78 is 5.16. The number of benzene rings is 1. The summed E-state index contributed by atoms with van der Waals surface area (Å²) in [5.41, 5.74) is 0.171. The van der Waals surface area contributed by atoms with Gasteiger partial charge in [-0.25, -0.2) is 0 Å². The number of hydrogen-bond acceptors (Lipinski definition) is 3. The van der Waals surface area contributed by atoms with E-state index in [0.29, 0.717) is 18.0 Å². The third kappa shape index (κ3) is 4.09. The average molecular weight is 360 g/mol. The van der Waals surface area contributed by atoms with Gasteiger partial charge in [0.25, 0.3) is 5.91 Å². The fraction of sp³-hybridized carbons (Fsp3) is 0.500. The molecule has 1 aliphatic rings. The van der Waals surface area contributed by atoms with E-state index >= 15 is 0 Å². The van der Waals surface area contributed by atoms with E-state index in [0.717, 1.165) is 19.3 Å². The molecule has 0 aromatic heterocycles. The average Bonchev–Trinajstić information content (AvgIpc) is 2.54. The van der Waals surface area contributed by atoms with Crippen LogP contribution in [0.25, 0.3) is 0 Å². The summed E-state index contributed by atoms with van der Waals surface area (Å²) in [5.74, 6) is -1.49. The van der Waals surface area contributed by atoms with Crippen LogP contribution in [0.1, 0.15) is 36.0 Å². The number of ether oxygens (including phenoxy) is 1. The molecule has 0 spiro atoms. The van der Waals surface area contributed by atoms with Gasteiger partial charge in [0.15, 0.2) is 5.75 Å². The van der Waals surface area contributed by atoms with Crippen LogP contribution >= 0.6 is 23.2 Å². The van der Waals surface area contributed by atoms with Crippen LogP contribution in [0.5, 0.6) is 5.75 Å². The van der Waals surface area contributed by atoms with E-state index in [2.05, 4.69) is 5.32 Å². The lowest BCUT2D eigenvalue weighted by molar-refractivity contribution is -0.144. The highest BCUT2D eigenvalue weighted by atomic mass is 35.5.